The summed E-state index contributed by atoms with van der Waals surface area (Å²) in [5.74, 6) is -0.879. The second-order valence-corrected chi connectivity index (χ2v) is 1.67. The van der Waals surface area contributed by atoms with Crippen molar-refractivity contribution in [2.45, 2.75) is 1.02 Å². The van der Waals surface area contributed by atoms with Crippen LogP contribution < -0.4 is 0 Å². The molecule has 1 rings (SSSR count). The van der Waals surface area contributed by atoms with E-state index < -0.39 is 5.97 Å². The number of carbonyl (C=O) groups is 1. The number of hydrogen-bond donors (Lipinski definition) is 1. The Morgan fingerprint density at radius 1 is 1.27 bits per heavy atom. The van der Waals surface area contributed by atoms with Crippen LogP contribution in [0.2, 0.25) is 1.02 Å². The summed E-state index contributed by atoms with van der Waals surface area (Å²) in [7, 11) is 0. The number of carboxylic acids is 1. The molecule has 0 atom stereocenters. The average molecular weight is 176 g/mol. The zero-order chi connectivity index (χ0) is 8.69. The zero-order valence-electron chi connectivity index (χ0n) is 6.74. The second-order valence-electron chi connectivity index (χ2n) is 1.67. The first kappa shape index (κ1) is 11.3. The molecule has 0 unspecified atom stereocenters. The predicted molar refractivity (Wildman–Crippen MR) is 45.0 cm³/mol. The number of aromatic carboxylic acids is 1. The number of benzene rings is 1. The van der Waals surface area contributed by atoms with Gasteiger partial charge < -0.3 is 5.11 Å². The minimum absolute atomic E-state index is 0.331. The van der Waals surface area contributed by atoms with Gasteiger partial charge in [0.15, 0.2) is 0 Å². The molecule has 0 aliphatic rings. The Morgan fingerprint density at radius 2 is 1.73 bits per heavy atom. The van der Waals surface area contributed by atoms with E-state index in [1.54, 1.807) is 30.3 Å². The van der Waals surface area contributed by atoms with E-state index in [0.717, 1.165) is 49.0 Å². The van der Waals surface area contributed by atoms with Crippen LogP contribution in [0.15, 0.2) is 30.3 Å². The molecule has 1 aromatic rings. The fourth-order valence-corrected chi connectivity index (χ4v) is 0.581. The van der Waals surface area contributed by atoms with E-state index in [0.29, 0.717) is 5.56 Å². The van der Waals surface area contributed by atoms with Crippen LogP contribution in [0.5, 0.6) is 0 Å². The molecule has 0 saturated carbocycles. The van der Waals surface area contributed by atoms with Crippen molar-refractivity contribution in [3.05, 3.63) is 35.9 Å². The van der Waals surface area contributed by atoms with Crippen molar-refractivity contribution in [1.82, 2.24) is 0 Å². The number of carboxylic acid groups (broad SMARTS) is 1. The summed E-state index contributed by atoms with van der Waals surface area (Å²) in [6.07, 6.45) is 0. The van der Waals surface area contributed by atoms with Gasteiger partial charge in [0.1, 0.15) is 0 Å². The molecule has 0 radical (unpaired) electrons. The van der Waals surface area contributed by atoms with E-state index in [2.05, 4.69) is 1.02 Å². The summed E-state index contributed by atoms with van der Waals surface area (Å²) < 4.78 is 2.19. The first-order valence-corrected chi connectivity index (χ1v) is 6.71. The zero-order valence-corrected chi connectivity index (χ0v) is 9.87. The third-order valence-corrected chi connectivity index (χ3v) is 1.02. The van der Waals surface area contributed by atoms with Gasteiger partial charge in [-0.15, -0.1) is 0 Å². The van der Waals surface area contributed by atoms with E-state index in [1.165, 1.54) is 0 Å². The first-order valence-electron chi connectivity index (χ1n) is 3.59. The molecule has 0 fully saturated rings. The van der Waals surface area contributed by atoms with Gasteiger partial charge in [-0.3, -0.25) is 0 Å². The van der Waals surface area contributed by atoms with Crippen LogP contribution in [0.4, 0.5) is 0 Å². The van der Waals surface area contributed by atoms with Crippen molar-refractivity contribution in [3.8, 4) is 0 Å². The molecule has 1 N–H and O–H groups in total. The molecular formula is C8H9KO2. The summed E-state index contributed by atoms with van der Waals surface area (Å²) in [6, 6.07) is 8.30. The third kappa shape index (κ3) is 4.71. The van der Waals surface area contributed by atoms with Gasteiger partial charge in [-0.05, 0) is 12.1 Å². The molecule has 0 heterocycles. The molecule has 0 aliphatic carbocycles. The van der Waals surface area contributed by atoms with Gasteiger partial charge in [0, 0.05) is 0 Å². The van der Waals surface area contributed by atoms with Crippen LogP contribution in [-0.2, 0) is 0 Å². The molecule has 0 bridgehead atoms. The van der Waals surface area contributed by atoms with Crippen molar-refractivity contribution in [3.63, 3.8) is 0 Å². The average Bonchev–Trinajstić information content (AvgIpc) is 2.10. The summed E-state index contributed by atoms with van der Waals surface area (Å²) in [5.41, 5.74) is 0.331. The van der Waals surface area contributed by atoms with Crippen molar-refractivity contribution in [2.24, 2.45) is 0 Å². The second kappa shape index (κ2) is 7.00. The molecule has 0 aliphatic heterocycles. The molecule has 54 valence electrons. The number of rotatable bonds is 1. The molecule has 3 heteroatoms. The van der Waals surface area contributed by atoms with Gasteiger partial charge in [0.05, 0.1) is 5.56 Å². The van der Waals surface area contributed by atoms with Crippen molar-refractivity contribution in [2.75, 3.05) is 0 Å². The van der Waals surface area contributed by atoms with E-state index in [-0.39, 0.29) is 0 Å². The maximum atomic E-state index is 10.2. The maximum absolute atomic E-state index is 10.2. The molecule has 2 nitrogen and oxygen atoms in total. The Hall–Kier alpha value is 0.326. The van der Waals surface area contributed by atoms with Crippen LogP contribution in [0.1, 0.15) is 10.4 Å². The molecule has 0 aromatic heterocycles. The fraction of sp³-hybridized carbons (Fsp3) is 0.125. The fourth-order valence-electron chi connectivity index (χ4n) is 0.581. The summed E-state index contributed by atoms with van der Waals surface area (Å²) >= 11 is 1.06. The standard InChI is InChI=1S/C7H6O2.CH3.K/c8-7(9)6-4-2-1-3-5-6;;/h1-5H,(H,8,9);1H3;. The Bertz CT molecular complexity index is 209. The topological polar surface area (TPSA) is 37.3 Å². The molecule has 1 aromatic carbocycles. The minimum atomic E-state index is -0.879. The Kier molecular flexibility index (Phi) is 7.21. The van der Waals surface area contributed by atoms with Gasteiger partial charge in [-0.2, -0.15) is 0 Å². The Labute approximate surface area is 100 Å². The summed E-state index contributed by atoms with van der Waals surface area (Å²) in [6.45, 7) is 0. The van der Waals surface area contributed by atoms with Crippen LogP contribution in [0.25, 0.3) is 0 Å². The van der Waals surface area contributed by atoms with Crippen molar-refractivity contribution in [1.29, 1.82) is 0 Å². The summed E-state index contributed by atoms with van der Waals surface area (Å²) in [5, 5.41) is 8.38. The normalized spacial score (nSPS) is 7.91. The molecule has 0 amide bonds. The van der Waals surface area contributed by atoms with Crippen molar-refractivity contribution < 1.29 is 9.90 Å². The van der Waals surface area contributed by atoms with E-state index in [1.807, 2.05) is 0 Å². The quantitative estimate of drug-likeness (QED) is 0.660. The molecule has 0 spiro atoms. The van der Waals surface area contributed by atoms with Crippen LogP contribution in [0, 0.1) is 0 Å². The van der Waals surface area contributed by atoms with Crippen LogP contribution in [0.3, 0.4) is 0 Å². The Morgan fingerprint density at radius 3 is 2.00 bits per heavy atom. The summed E-state index contributed by atoms with van der Waals surface area (Å²) in [4.78, 5) is 10.2. The van der Waals surface area contributed by atoms with E-state index in [4.69, 9.17) is 5.11 Å². The van der Waals surface area contributed by atoms with Gasteiger partial charge in [0.2, 0.25) is 0 Å². The van der Waals surface area contributed by atoms with Crippen LogP contribution in [-0.4, -0.2) is 60.0 Å². The molecule has 11 heavy (non-hydrogen) atoms. The molecule has 0 saturated heterocycles. The van der Waals surface area contributed by atoms with E-state index in [9.17, 15) is 4.79 Å². The monoisotopic (exact) mass is 176 g/mol. The SMILES string of the molecule is O=C(O)c1ccccc1.[CH3][K]. The van der Waals surface area contributed by atoms with Gasteiger partial charge in [-0.1, -0.05) is 18.2 Å². The Balaban J connectivity index is 0.000000461. The van der Waals surface area contributed by atoms with Gasteiger partial charge in [-0.25, -0.2) is 4.79 Å². The van der Waals surface area contributed by atoms with Gasteiger partial charge in [0.25, 0.3) is 0 Å². The molecular weight excluding hydrogens is 167 g/mol. The van der Waals surface area contributed by atoms with Crippen molar-refractivity contribution >= 4 is 54.9 Å². The van der Waals surface area contributed by atoms with Crippen LogP contribution >= 0.6 is 0 Å². The first-order chi connectivity index (χ1) is 5.30. The van der Waals surface area contributed by atoms with Gasteiger partial charge >= 0.3 is 55.9 Å². The number of hydrogen-bond acceptors (Lipinski definition) is 1. The van der Waals surface area contributed by atoms with E-state index >= 15 is 0 Å². The third-order valence-electron chi connectivity index (χ3n) is 1.02. The predicted octanol–water partition coefficient (Wildman–Crippen LogP) is 1.59.